The van der Waals surface area contributed by atoms with Crippen LogP contribution in [0.5, 0.6) is 0 Å². The summed E-state index contributed by atoms with van der Waals surface area (Å²) in [4.78, 5) is 22.0. The van der Waals surface area contributed by atoms with Crippen molar-refractivity contribution in [1.82, 2.24) is 4.98 Å². The molecule has 3 aromatic rings. The van der Waals surface area contributed by atoms with Crippen LogP contribution in [0.1, 0.15) is 29.5 Å². The van der Waals surface area contributed by atoms with Crippen LogP contribution < -0.4 is 0 Å². The lowest BCUT2D eigenvalue weighted by atomic mass is 9.91. The molecule has 0 fully saturated rings. The van der Waals surface area contributed by atoms with E-state index in [0.717, 1.165) is 16.7 Å². The third-order valence-corrected chi connectivity index (χ3v) is 3.85. The average molecular weight is 330 g/mol. The lowest BCUT2D eigenvalue weighted by Crippen LogP contribution is -2.16. The van der Waals surface area contributed by atoms with Gasteiger partial charge in [0.1, 0.15) is 5.92 Å². The Morgan fingerprint density at radius 2 is 1.52 bits per heavy atom. The van der Waals surface area contributed by atoms with Crippen molar-refractivity contribution in [2.24, 2.45) is 5.16 Å². The molecule has 2 aromatic carbocycles. The maximum absolute atomic E-state index is 12.7. The molecule has 0 atom stereocenters. The van der Waals surface area contributed by atoms with E-state index in [4.69, 9.17) is 4.84 Å². The second kappa shape index (κ2) is 8.02. The summed E-state index contributed by atoms with van der Waals surface area (Å²) in [6.45, 7) is 1.78. The smallest absolute Gasteiger partial charge is 0.317 e. The molecule has 0 saturated heterocycles. The highest BCUT2D eigenvalue weighted by molar-refractivity contribution is 5.98. The van der Waals surface area contributed by atoms with Crippen LogP contribution in [0.15, 0.2) is 90.3 Å². The monoisotopic (exact) mass is 330 g/mol. The maximum Gasteiger partial charge on any atom is 0.346 e. The van der Waals surface area contributed by atoms with E-state index in [1.807, 2.05) is 72.8 Å². The van der Waals surface area contributed by atoms with E-state index in [-0.39, 0.29) is 0 Å². The third-order valence-electron chi connectivity index (χ3n) is 3.85. The van der Waals surface area contributed by atoms with Gasteiger partial charge in [-0.2, -0.15) is 0 Å². The first-order valence-electron chi connectivity index (χ1n) is 8.01. The minimum absolute atomic E-state index is 0.416. The molecule has 0 bridgehead atoms. The summed E-state index contributed by atoms with van der Waals surface area (Å²) < 4.78 is 0. The number of aromatic nitrogens is 1. The van der Waals surface area contributed by atoms with Crippen LogP contribution in [0.2, 0.25) is 0 Å². The lowest BCUT2D eigenvalue weighted by molar-refractivity contribution is -0.144. The molecular weight excluding hydrogens is 312 g/mol. The molecule has 3 rings (SSSR count). The fourth-order valence-corrected chi connectivity index (χ4v) is 2.55. The van der Waals surface area contributed by atoms with E-state index in [1.165, 1.54) is 0 Å². The van der Waals surface area contributed by atoms with E-state index in [1.54, 1.807) is 19.3 Å². The first-order valence-corrected chi connectivity index (χ1v) is 8.01. The first kappa shape index (κ1) is 16.6. The third kappa shape index (κ3) is 4.18. The van der Waals surface area contributed by atoms with Gasteiger partial charge in [-0.25, -0.2) is 4.79 Å². The molecule has 0 N–H and O–H groups in total. The summed E-state index contributed by atoms with van der Waals surface area (Å²) in [6.07, 6.45) is 3.36. The Morgan fingerprint density at radius 1 is 0.920 bits per heavy atom. The number of carbonyl (C=O) groups excluding carboxylic acids is 1. The van der Waals surface area contributed by atoms with Gasteiger partial charge in [-0.3, -0.25) is 4.98 Å². The van der Waals surface area contributed by atoms with Gasteiger partial charge in [0.2, 0.25) is 0 Å². The van der Waals surface area contributed by atoms with Gasteiger partial charge >= 0.3 is 5.97 Å². The van der Waals surface area contributed by atoms with Crippen molar-refractivity contribution >= 4 is 11.7 Å². The highest BCUT2D eigenvalue weighted by Crippen LogP contribution is 2.26. The molecule has 4 nitrogen and oxygen atoms in total. The van der Waals surface area contributed by atoms with Crippen LogP contribution in [0.4, 0.5) is 0 Å². The average Bonchev–Trinajstić information content (AvgIpc) is 2.69. The summed E-state index contributed by atoms with van der Waals surface area (Å²) in [6, 6.07) is 22.8. The number of hydrogen-bond donors (Lipinski definition) is 0. The Hall–Kier alpha value is -3.27. The molecule has 1 aromatic heterocycles. The van der Waals surface area contributed by atoms with Gasteiger partial charge in [0.05, 0.1) is 5.71 Å². The number of oxime groups is 1. The van der Waals surface area contributed by atoms with Crippen LogP contribution in [0, 0.1) is 0 Å². The number of hydrogen-bond acceptors (Lipinski definition) is 4. The van der Waals surface area contributed by atoms with Crippen LogP contribution in [0.25, 0.3) is 0 Å². The largest absolute Gasteiger partial charge is 0.346 e. The van der Waals surface area contributed by atoms with Crippen molar-refractivity contribution in [3.63, 3.8) is 0 Å². The number of rotatable bonds is 5. The Kier molecular flexibility index (Phi) is 5.32. The topological polar surface area (TPSA) is 51.5 Å². The van der Waals surface area contributed by atoms with Gasteiger partial charge in [-0.15, -0.1) is 0 Å². The van der Waals surface area contributed by atoms with Crippen LogP contribution in [-0.2, 0) is 9.63 Å². The molecule has 0 spiro atoms. The molecule has 0 amide bonds. The van der Waals surface area contributed by atoms with Crippen molar-refractivity contribution in [1.29, 1.82) is 0 Å². The second-order valence-electron chi connectivity index (χ2n) is 5.58. The summed E-state index contributed by atoms with van der Waals surface area (Å²) in [5.74, 6) is -0.937. The van der Waals surface area contributed by atoms with E-state index in [2.05, 4.69) is 10.1 Å². The van der Waals surface area contributed by atoms with E-state index < -0.39 is 11.9 Å². The Bertz CT molecular complexity index is 807. The van der Waals surface area contributed by atoms with Crippen LogP contribution in [-0.4, -0.2) is 16.7 Å². The second-order valence-corrected chi connectivity index (χ2v) is 5.58. The van der Waals surface area contributed by atoms with Gasteiger partial charge in [0.15, 0.2) is 0 Å². The SMILES string of the molecule is CC(=NOC(=O)C(c1ccccc1)c1ccccc1)c1cccnc1. The molecular formula is C21H18N2O2. The Balaban J connectivity index is 1.85. The molecule has 0 aliphatic rings. The maximum atomic E-state index is 12.7. The molecule has 0 unspecified atom stereocenters. The number of benzene rings is 2. The molecule has 4 heteroatoms. The van der Waals surface area contributed by atoms with E-state index in [9.17, 15) is 4.79 Å². The fraction of sp³-hybridized carbons (Fsp3) is 0.0952. The van der Waals surface area contributed by atoms with Gasteiger partial charge in [-0.1, -0.05) is 65.8 Å². The van der Waals surface area contributed by atoms with E-state index >= 15 is 0 Å². The molecule has 0 radical (unpaired) electrons. The zero-order valence-corrected chi connectivity index (χ0v) is 13.9. The zero-order valence-electron chi connectivity index (χ0n) is 13.9. The van der Waals surface area contributed by atoms with Crippen LogP contribution >= 0.6 is 0 Å². The van der Waals surface area contributed by atoms with Gasteiger partial charge in [0, 0.05) is 18.0 Å². The predicted molar refractivity (Wildman–Crippen MR) is 97.3 cm³/mol. The van der Waals surface area contributed by atoms with Crippen molar-refractivity contribution in [2.45, 2.75) is 12.8 Å². The summed E-state index contributed by atoms with van der Waals surface area (Å²) in [7, 11) is 0. The highest BCUT2D eigenvalue weighted by Gasteiger charge is 2.24. The van der Waals surface area contributed by atoms with Crippen molar-refractivity contribution in [2.75, 3.05) is 0 Å². The van der Waals surface area contributed by atoms with Crippen molar-refractivity contribution < 1.29 is 9.63 Å². The van der Waals surface area contributed by atoms with Gasteiger partial charge in [-0.05, 0) is 30.2 Å². The molecule has 124 valence electrons. The Morgan fingerprint density at radius 3 is 2.04 bits per heavy atom. The summed E-state index contributed by atoms with van der Waals surface area (Å²) >= 11 is 0. The standard InChI is InChI=1S/C21H18N2O2/c1-16(19-13-8-14-22-15-19)23-25-21(24)20(17-9-4-2-5-10-17)18-11-6-3-7-12-18/h2-15,20H,1H3. The zero-order chi connectivity index (χ0) is 17.5. The predicted octanol–water partition coefficient (Wildman–Crippen LogP) is 4.18. The minimum Gasteiger partial charge on any atom is -0.317 e. The summed E-state index contributed by atoms with van der Waals surface area (Å²) in [5, 5.41) is 3.99. The van der Waals surface area contributed by atoms with Crippen molar-refractivity contribution in [3.8, 4) is 0 Å². The van der Waals surface area contributed by atoms with E-state index in [0.29, 0.717) is 5.71 Å². The number of nitrogens with zero attached hydrogens (tertiary/aromatic N) is 2. The van der Waals surface area contributed by atoms with Crippen molar-refractivity contribution in [3.05, 3.63) is 102 Å². The minimum atomic E-state index is -0.521. The molecule has 0 aliphatic heterocycles. The molecule has 0 aliphatic carbocycles. The number of pyridine rings is 1. The Labute approximate surface area is 146 Å². The summed E-state index contributed by atoms with van der Waals surface area (Å²) in [5.41, 5.74) is 3.15. The van der Waals surface area contributed by atoms with Gasteiger partial charge < -0.3 is 4.84 Å². The molecule has 0 saturated carbocycles. The first-order chi connectivity index (χ1) is 12.3. The fourth-order valence-electron chi connectivity index (χ4n) is 2.55. The lowest BCUT2D eigenvalue weighted by Gasteiger charge is -2.15. The van der Waals surface area contributed by atoms with Gasteiger partial charge in [0.25, 0.3) is 0 Å². The highest BCUT2D eigenvalue weighted by atomic mass is 16.7. The molecule has 25 heavy (non-hydrogen) atoms. The quantitative estimate of drug-likeness (QED) is 0.400. The normalized spacial score (nSPS) is 11.4. The van der Waals surface area contributed by atoms with Crippen LogP contribution in [0.3, 0.4) is 0 Å². The number of carbonyl (C=O) groups is 1. The molecule has 1 heterocycles.